The van der Waals surface area contributed by atoms with E-state index in [2.05, 4.69) is 21.7 Å². The molecule has 2 aliphatic heterocycles. The Balaban J connectivity index is 1.37. The van der Waals surface area contributed by atoms with Gasteiger partial charge in [0, 0.05) is 57.2 Å². The molecule has 2 amide bonds. The fourth-order valence-corrected chi connectivity index (χ4v) is 4.41. The van der Waals surface area contributed by atoms with Crippen molar-refractivity contribution in [1.29, 1.82) is 0 Å². The smallest absolute Gasteiger partial charge is 0.337 e. The summed E-state index contributed by atoms with van der Waals surface area (Å²) >= 11 is 1.80. The van der Waals surface area contributed by atoms with Crippen LogP contribution in [0.5, 0.6) is 0 Å². The van der Waals surface area contributed by atoms with E-state index in [4.69, 9.17) is 0 Å². The maximum absolute atomic E-state index is 12.5. The van der Waals surface area contributed by atoms with Gasteiger partial charge in [-0.15, -0.1) is 11.3 Å². The summed E-state index contributed by atoms with van der Waals surface area (Å²) < 4.78 is 37.5. The monoisotopic (exact) mass is 390 g/mol. The van der Waals surface area contributed by atoms with Crippen LogP contribution < -0.4 is 5.32 Å². The van der Waals surface area contributed by atoms with Gasteiger partial charge in [0.15, 0.2) is 0 Å². The Morgan fingerprint density at radius 2 is 2.00 bits per heavy atom. The van der Waals surface area contributed by atoms with Crippen molar-refractivity contribution >= 4 is 17.4 Å². The number of nitrogens with zero attached hydrogens (tertiary/aromatic N) is 3. The second-order valence-electron chi connectivity index (χ2n) is 6.86. The molecule has 3 rings (SSSR count). The lowest BCUT2D eigenvalue weighted by atomic mass is 10.1. The summed E-state index contributed by atoms with van der Waals surface area (Å²) in [5, 5.41) is 5.04. The van der Waals surface area contributed by atoms with E-state index in [1.54, 1.807) is 16.2 Å². The van der Waals surface area contributed by atoms with E-state index in [1.165, 1.54) is 15.3 Å². The van der Waals surface area contributed by atoms with Crippen LogP contribution in [0.3, 0.4) is 0 Å². The number of nitrogens with one attached hydrogen (secondary N) is 1. The van der Waals surface area contributed by atoms with Gasteiger partial charge in [-0.1, -0.05) is 0 Å². The fourth-order valence-electron chi connectivity index (χ4n) is 3.52. The third-order valence-corrected chi connectivity index (χ3v) is 5.89. The first-order chi connectivity index (χ1) is 12.4. The number of carbonyl (C=O) groups excluding carboxylic acids is 1. The first-order valence-electron chi connectivity index (χ1n) is 9.00. The molecule has 0 aliphatic carbocycles. The number of fused-ring (bicyclic) bond motifs is 1. The summed E-state index contributed by atoms with van der Waals surface area (Å²) in [5.41, 5.74) is 1.38. The molecule has 2 aliphatic rings. The number of carbonyl (C=O) groups is 1. The van der Waals surface area contributed by atoms with Crippen molar-refractivity contribution in [2.45, 2.75) is 25.6 Å². The average Bonchev–Trinajstić information content (AvgIpc) is 2.92. The maximum atomic E-state index is 12.5. The van der Waals surface area contributed by atoms with Crippen molar-refractivity contribution in [2.75, 3.05) is 52.4 Å². The Kier molecular flexibility index (Phi) is 6.42. The Morgan fingerprint density at radius 3 is 2.81 bits per heavy atom. The Morgan fingerprint density at radius 1 is 1.15 bits per heavy atom. The van der Waals surface area contributed by atoms with Crippen LogP contribution in [0.1, 0.15) is 16.9 Å². The molecule has 0 aromatic carbocycles. The maximum Gasteiger partial charge on any atom is 0.401 e. The number of hydrogen-bond donors (Lipinski definition) is 1. The van der Waals surface area contributed by atoms with Crippen molar-refractivity contribution in [3.63, 3.8) is 0 Å². The third-order valence-electron chi connectivity index (χ3n) is 4.87. The standard InChI is InChI=1S/C17H25F3N4OS/c18-17(19,20)13-23-5-1-6-24(10-9-23)16(25)21-4-8-22-7-2-15-14(12-22)3-11-26-15/h3,11H,1-2,4-10,12-13H2,(H,21,25). The van der Waals surface area contributed by atoms with Gasteiger partial charge in [-0.2, -0.15) is 13.2 Å². The fraction of sp³-hybridized carbons (Fsp3) is 0.706. The van der Waals surface area contributed by atoms with Gasteiger partial charge in [-0.05, 0) is 29.9 Å². The summed E-state index contributed by atoms with van der Waals surface area (Å²) in [6.07, 6.45) is -2.56. The van der Waals surface area contributed by atoms with Crippen LogP contribution in [-0.4, -0.2) is 79.3 Å². The Bertz CT molecular complexity index is 607. The number of thiophene rings is 1. The minimum absolute atomic E-state index is 0.174. The second kappa shape index (κ2) is 8.58. The van der Waals surface area contributed by atoms with Gasteiger partial charge in [-0.3, -0.25) is 9.80 Å². The molecule has 1 saturated heterocycles. The second-order valence-corrected chi connectivity index (χ2v) is 7.86. The largest absolute Gasteiger partial charge is 0.401 e. The van der Waals surface area contributed by atoms with Crippen molar-refractivity contribution in [3.05, 3.63) is 21.9 Å². The van der Waals surface area contributed by atoms with Crippen LogP contribution >= 0.6 is 11.3 Å². The molecule has 1 aromatic heterocycles. The van der Waals surface area contributed by atoms with Crippen molar-refractivity contribution in [2.24, 2.45) is 0 Å². The lowest BCUT2D eigenvalue weighted by Gasteiger charge is -2.27. The van der Waals surface area contributed by atoms with E-state index in [0.29, 0.717) is 32.6 Å². The molecule has 3 heterocycles. The van der Waals surface area contributed by atoms with Crippen LogP contribution in [0.4, 0.5) is 18.0 Å². The van der Waals surface area contributed by atoms with E-state index < -0.39 is 12.7 Å². The Labute approximate surface area is 155 Å². The molecule has 9 heteroatoms. The molecule has 26 heavy (non-hydrogen) atoms. The van der Waals surface area contributed by atoms with Gasteiger partial charge >= 0.3 is 12.2 Å². The molecule has 0 radical (unpaired) electrons. The van der Waals surface area contributed by atoms with Crippen molar-refractivity contribution in [1.82, 2.24) is 20.0 Å². The SMILES string of the molecule is O=C(NCCN1CCc2sccc2C1)N1CCCN(CC(F)(F)F)CC1. The first kappa shape index (κ1) is 19.4. The van der Waals surface area contributed by atoms with Gasteiger partial charge in [0.25, 0.3) is 0 Å². The molecular weight excluding hydrogens is 365 g/mol. The number of halogens is 3. The molecule has 0 spiro atoms. The number of hydrogen-bond acceptors (Lipinski definition) is 4. The zero-order valence-electron chi connectivity index (χ0n) is 14.7. The zero-order chi connectivity index (χ0) is 18.6. The highest BCUT2D eigenvalue weighted by molar-refractivity contribution is 7.10. The average molecular weight is 390 g/mol. The van der Waals surface area contributed by atoms with E-state index in [0.717, 1.165) is 26.1 Å². The summed E-state index contributed by atoms with van der Waals surface area (Å²) in [6.45, 7) is 3.84. The zero-order valence-corrected chi connectivity index (χ0v) is 15.5. The van der Waals surface area contributed by atoms with Gasteiger partial charge in [0.1, 0.15) is 0 Å². The van der Waals surface area contributed by atoms with E-state index in [-0.39, 0.29) is 12.6 Å². The summed E-state index contributed by atoms with van der Waals surface area (Å²) in [5.74, 6) is 0. The number of rotatable bonds is 4. The van der Waals surface area contributed by atoms with Crippen molar-refractivity contribution in [3.8, 4) is 0 Å². The third kappa shape index (κ3) is 5.59. The van der Waals surface area contributed by atoms with Crippen LogP contribution in [0.15, 0.2) is 11.4 Å². The highest BCUT2D eigenvalue weighted by atomic mass is 32.1. The highest BCUT2D eigenvalue weighted by Crippen LogP contribution is 2.23. The molecule has 0 saturated carbocycles. The van der Waals surface area contributed by atoms with Crippen LogP contribution in [0, 0.1) is 0 Å². The minimum Gasteiger partial charge on any atom is -0.337 e. The van der Waals surface area contributed by atoms with E-state index >= 15 is 0 Å². The predicted molar refractivity (Wildman–Crippen MR) is 95.4 cm³/mol. The van der Waals surface area contributed by atoms with Crippen LogP contribution in [0.2, 0.25) is 0 Å². The quantitative estimate of drug-likeness (QED) is 0.858. The predicted octanol–water partition coefficient (Wildman–Crippen LogP) is 2.39. The Hall–Kier alpha value is -1.32. The molecule has 1 N–H and O–H groups in total. The molecular formula is C17H25F3N4OS. The molecule has 1 fully saturated rings. The molecule has 0 atom stereocenters. The number of amides is 2. The van der Waals surface area contributed by atoms with Gasteiger partial charge in [0.2, 0.25) is 0 Å². The molecule has 5 nitrogen and oxygen atoms in total. The summed E-state index contributed by atoms with van der Waals surface area (Å²) in [7, 11) is 0. The van der Waals surface area contributed by atoms with Crippen LogP contribution in [0.25, 0.3) is 0 Å². The molecule has 0 unspecified atom stereocenters. The van der Waals surface area contributed by atoms with Gasteiger partial charge in [-0.25, -0.2) is 4.79 Å². The lowest BCUT2D eigenvalue weighted by molar-refractivity contribution is -0.145. The molecule has 146 valence electrons. The minimum atomic E-state index is -4.19. The van der Waals surface area contributed by atoms with Crippen molar-refractivity contribution < 1.29 is 18.0 Å². The molecule has 1 aromatic rings. The summed E-state index contributed by atoms with van der Waals surface area (Å²) in [4.78, 5) is 19.1. The normalized spacial score (nSPS) is 19.9. The number of alkyl halides is 3. The lowest BCUT2D eigenvalue weighted by Crippen LogP contribution is -2.45. The summed E-state index contributed by atoms with van der Waals surface area (Å²) in [6, 6.07) is 1.99. The van der Waals surface area contributed by atoms with Gasteiger partial charge in [0.05, 0.1) is 6.54 Å². The van der Waals surface area contributed by atoms with Crippen LogP contribution in [-0.2, 0) is 13.0 Å². The number of urea groups is 1. The topological polar surface area (TPSA) is 38.8 Å². The van der Waals surface area contributed by atoms with E-state index in [1.807, 2.05) is 0 Å². The highest BCUT2D eigenvalue weighted by Gasteiger charge is 2.31. The van der Waals surface area contributed by atoms with E-state index in [9.17, 15) is 18.0 Å². The van der Waals surface area contributed by atoms with Gasteiger partial charge < -0.3 is 10.2 Å². The molecule has 0 bridgehead atoms. The first-order valence-corrected chi connectivity index (χ1v) is 9.88.